The molecule has 0 heterocycles. The molecule has 25 heavy (non-hydrogen) atoms. The molecule has 0 spiro atoms. The molecule has 0 aromatic heterocycles. The van der Waals surface area contributed by atoms with Crippen LogP contribution in [0, 0.1) is 6.92 Å². The van der Waals surface area contributed by atoms with Crippen molar-refractivity contribution in [1.29, 1.82) is 0 Å². The number of benzene rings is 2. The third-order valence-electron chi connectivity index (χ3n) is 4.77. The summed E-state index contributed by atoms with van der Waals surface area (Å²) in [6.07, 6.45) is 0. The highest BCUT2D eigenvalue weighted by Crippen LogP contribution is 2.55. The largest absolute Gasteiger partial charge is 0.380 e. The molecule has 134 valence electrons. The summed E-state index contributed by atoms with van der Waals surface area (Å²) in [6, 6.07) is 14.1. The van der Waals surface area contributed by atoms with Crippen LogP contribution < -0.4 is 5.73 Å². The summed E-state index contributed by atoms with van der Waals surface area (Å²) < 4.78 is 31.8. The van der Waals surface area contributed by atoms with Crippen molar-refractivity contribution >= 4 is 21.4 Å². The van der Waals surface area contributed by atoms with Gasteiger partial charge in [-0.05, 0) is 43.7 Å². The highest BCUT2D eigenvalue weighted by atomic mass is 35.5. The molecule has 3 unspecified atom stereocenters. The Labute approximate surface area is 153 Å². The number of ether oxygens (including phenoxy) is 1. The van der Waals surface area contributed by atoms with Gasteiger partial charge in [-0.2, -0.15) is 0 Å². The van der Waals surface area contributed by atoms with Gasteiger partial charge in [-0.15, -0.1) is 0 Å². The Hall–Kier alpha value is -1.40. The molecule has 1 aliphatic rings. The predicted molar refractivity (Wildman–Crippen MR) is 99.8 cm³/mol. The van der Waals surface area contributed by atoms with Gasteiger partial charge in [0.2, 0.25) is 0 Å². The smallest absolute Gasteiger partial charge is 0.183 e. The molecule has 2 aromatic rings. The zero-order valence-corrected chi connectivity index (χ0v) is 15.8. The minimum absolute atomic E-state index is 0.208. The lowest BCUT2D eigenvalue weighted by Gasteiger charge is -2.12. The van der Waals surface area contributed by atoms with Crippen LogP contribution in [0.2, 0.25) is 5.02 Å². The average Bonchev–Trinajstić information content (AvgIpc) is 3.21. The lowest BCUT2D eigenvalue weighted by atomic mass is 10.1. The number of hydrogen-bond acceptors (Lipinski definition) is 4. The molecule has 0 radical (unpaired) electrons. The predicted octanol–water partition coefficient (Wildman–Crippen LogP) is 3.32. The van der Waals surface area contributed by atoms with Crippen LogP contribution in [0.5, 0.6) is 0 Å². The Morgan fingerprint density at radius 1 is 1.12 bits per heavy atom. The lowest BCUT2D eigenvalue weighted by molar-refractivity contribution is 0.125. The van der Waals surface area contributed by atoms with E-state index in [1.807, 2.05) is 38.1 Å². The van der Waals surface area contributed by atoms with E-state index in [1.165, 1.54) is 12.1 Å². The Kier molecular flexibility index (Phi) is 4.95. The Morgan fingerprint density at radius 3 is 2.28 bits per heavy atom. The third kappa shape index (κ3) is 3.34. The number of rotatable bonds is 6. The van der Waals surface area contributed by atoms with E-state index >= 15 is 0 Å². The van der Waals surface area contributed by atoms with Crippen LogP contribution in [0.1, 0.15) is 24.0 Å². The number of halogens is 1. The first kappa shape index (κ1) is 18.4. The number of nitrogens with two attached hydrogens (primary N) is 1. The summed E-state index contributed by atoms with van der Waals surface area (Å²) >= 11 is 5.88. The van der Waals surface area contributed by atoms with Crippen molar-refractivity contribution in [3.8, 4) is 0 Å². The van der Waals surface area contributed by atoms with Crippen LogP contribution in [-0.4, -0.2) is 32.4 Å². The molecule has 1 saturated carbocycles. The molecule has 1 fully saturated rings. The summed E-state index contributed by atoms with van der Waals surface area (Å²) in [5, 5.41) is -0.214. The highest BCUT2D eigenvalue weighted by Gasteiger charge is 2.69. The van der Waals surface area contributed by atoms with Crippen molar-refractivity contribution in [3.05, 3.63) is 64.7 Å². The van der Waals surface area contributed by atoms with Crippen LogP contribution in [0.4, 0.5) is 0 Å². The zero-order valence-electron chi connectivity index (χ0n) is 14.3. The molecule has 0 amide bonds. The van der Waals surface area contributed by atoms with Gasteiger partial charge in [-0.3, -0.25) is 0 Å². The average molecular weight is 380 g/mol. The third-order valence-corrected chi connectivity index (χ3v) is 7.33. The lowest BCUT2D eigenvalue weighted by Crippen LogP contribution is -2.36. The molecule has 0 saturated heterocycles. The van der Waals surface area contributed by atoms with E-state index in [-0.39, 0.29) is 17.4 Å². The topological polar surface area (TPSA) is 69.4 Å². The second kappa shape index (κ2) is 6.72. The van der Waals surface area contributed by atoms with Gasteiger partial charge in [0.05, 0.1) is 22.3 Å². The van der Waals surface area contributed by atoms with Crippen molar-refractivity contribution in [1.82, 2.24) is 0 Å². The fraction of sp³-hybridized carbons (Fsp3) is 0.368. The second-order valence-corrected chi connectivity index (χ2v) is 9.06. The first-order valence-electron chi connectivity index (χ1n) is 8.23. The summed E-state index contributed by atoms with van der Waals surface area (Å²) in [6.45, 7) is 4.57. The Morgan fingerprint density at radius 2 is 1.72 bits per heavy atom. The van der Waals surface area contributed by atoms with Crippen LogP contribution in [-0.2, 0) is 14.6 Å². The van der Waals surface area contributed by atoms with Gasteiger partial charge >= 0.3 is 0 Å². The van der Waals surface area contributed by atoms with Crippen molar-refractivity contribution < 1.29 is 13.2 Å². The van der Waals surface area contributed by atoms with Crippen LogP contribution in [0.15, 0.2) is 53.4 Å². The zero-order chi connectivity index (χ0) is 18.2. The van der Waals surface area contributed by atoms with Gasteiger partial charge in [-0.25, -0.2) is 8.42 Å². The second-order valence-electron chi connectivity index (χ2n) is 6.56. The van der Waals surface area contributed by atoms with Crippen molar-refractivity contribution in [3.63, 3.8) is 0 Å². The van der Waals surface area contributed by atoms with Gasteiger partial charge < -0.3 is 10.5 Å². The molecule has 0 bridgehead atoms. The molecule has 3 atom stereocenters. The molecule has 2 N–H and O–H groups in total. The molecular formula is C19H22ClNO3S. The van der Waals surface area contributed by atoms with Gasteiger partial charge in [0.15, 0.2) is 9.84 Å². The maximum Gasteiger partial charge on any atom is 0.183 e. The number of aryl methyl sites for hydroxylation is 1. The SMILES string of the molecule is CCOCC1(N)C(c2ccc(C)cc2)C1S(=O)(=O)c1ccc(Cl)cc1. The number of sulfone groups is 1. The van der Waals surface area contributed by atoms with E-state index in [0.717, 1.165) is 11.1 Å². The van der Waals surface area contributed by atoms with Crippen molar-refractivity contribution in [2.75, 3.05) is 13.2 Å². The molecule has 2 aromatic carbocycles. The molecule has 3 rings (SSSR count). The van der Waals surface area contributed by atoms with E-state index in [0.29, 0.717) is 11.6 Å². The van der Waals surface area contributed by atoms with Gasteiger partial charge in [0, 0.05) is 17.5 Å². The number of hydrogen-bond donors (Lipinski definition) is 1. The molecule has 4 nitrogen and oxygen atoms in total. The summed E-state index contributed by atoms with van der Waals surface area (Å²) in [4.78, 5) is 0.239. The van der Waals surface area contributed by atoms with Crippen LogP contribution in [0.3, 0.4) is 0 Å². The minimum atomic E-state index is -3.59. The monoisotopic (exact) mass is 379 g/mol. The Bertz CT molecular complexity index is 849. The quantitative estimate of drug-likeness (QED) is 0.835. The van der Waals surface area contributed by atoms with Gasteiger partial charge in [0.25, 0.3) is 0 Å². The highest BCUT2D eigenvalue weighted by molar-refractivity contribution is 7.92. The summed E-state index contributed by atoms with van der Waals surface area (Å²) in [5.41, 5.74) is 7.63. The first-order chi connectivity index (χ1) is 11.8. The fourth-order valence-electron chi connectivity index (χ4n) is 3.37. The van der Waals surface area contributed by atoms with Crippen molar-refractivity contribution in [2.24, 2.45) is 5.73 Å². The fourth-order valence-corrected chi connectivity index (χ4v) is 5.79. The van der Waals surface area contributed by atoms with E-state index in [4.69, 9.17) is 22.1 Å². The first-order valence-corrected chi connectivity index (χ1v) is 10.2. The van der Waals surface area contributed by atoms with E-state index in [2.05, 4.69) is 0 Å². The minimum Gasteiger partial charge on any atom is -0.380 e. The molecule has 1 aliphatic carbocycles. The maximum absolute atomic E-state index is 13.2. The van der Waals surface area contributed by atoms with Crippen molar-refractivity contribution in [2.45, 2.75) is 35.4 Å². The summed E-state index contributed by atoms with van der Waals surface area (Å²) in [7, 11) is -3.59. The summed E-state index contributed by atoms with van der Waals surface area (Å²) in [5.74, 6) is -0.291. The standard InChI is InChI=1S/C19H22ClNO3S/c1-3-24-12-19(21)17(14-6-4-13(2)5-7-14)18(19)25(22,23)16-10-8-15(20)9-11-16/h4-11,17-18H,3,12,21H2,1-2H3. The van der Waals surface area contributed by atoms with E-state index in [1.54, 1.807) is 12.1 Å². The van der Waals surface area contributed by atoms with E-state index in [9.17, 15) is 8.42 Å². The molecular weight excluding hydrogens is 358 g/mol. The van der Waals surface area contributed by atoms with Gasteiger partial charge in [-0.1, -0.05) is 41.4 Å². The maximum atomic E-state index is 13.2. The van der Waals surface area contributed by atoms with Gasteiger partial charge in [0.1, 0.15) is 0 Å². The van der Waals surface area contributed by atoms with Crippen LogP contribution >= 0.6 is 11.6 Å². The Balaban J connectivity index is 1.99. The van der Waals surface area contributed by atoms with Crippen LogP contribution in [0.25, 0.3) is 0 Å². The molecule has 6 heteroatoms. The molecule has 0 aliphatic heterocycles. The van der Waals surface area contributed by atoms with E-state index < -0.39 is 20.6 Å². The normalized spacial score (nSPS) is 25.8.